The van der Waals surface area contributed by atoms with E-state index in [1.165, 1.54) is 16.1 Å². The van der Waals surface area contributed by atoms with Crippen LogP contribution < -0.4 is 11.1 Å². The second kappa shape index (κ2) is 6.74. The predicted octanol–water partition coefficient (Wildman–Crippen LogP) is 2.40. The number of nitrogen functional groups attached to an aromatic ring is 1. The number of nitrogens with zero attached hydrogens (tertiary/aromatic N) is 2. The van der Waals surface area contributed by atoms with Gasteiger partial charge in [0.15, 0.2) is 5.65 Å². The summed E-state index contributed by atoms with van der Waals surface area (Å²) < 4.78 is 27.6. The Morgan fingerprint density at radius 1 is 1.15 bits per heavy atom. The number of fused-ring (bicyclic) bond motifs is 1. The summed E-state index contributed by atoms with van der Waals surface area (Å²) in [5.74, 6) is 0.565. The van der Waals surface area contributed by atoms with Gasteiger partial charge in [-0.2, -0.15) is 0 Å². The van der Waals surface area contributed by atoms with E-state index in [9.17, 15) is 8.42 Å². The van der Waals surface area contributed by atoms with E-state index in [1.54, 1.807) is 24.5 Å². The molecule has 26 heavy (non-hydrogen) atoms. The van der Waals surface area contributed by atoms with Gasteiger partial charge in [-0.1, -0.05) is 0 Å². The van der Waals surface area contributed by atoms with Crippen molar-refractivity contribution in [1.29, 1.82) is 0 Å². The SMILES string of the molecule is Nc1ccc(S(=O)(=O)n2cc(CC3CCNCC3)c3cccnc32)cc1. The molecular formula is C19H22N4O2S. The smallest absolute Gasteiger partial charge is 0.269 e. The molecule has 0 radical (unpaired) electrons. The van der Waals surface area contributed by atoms with Gasteiger partial charge >= 0.3 is 0 Å². The second-order valence-electron chi connectivity index (χ2n) is 6.80. The van der Waals surface area contributed by atoms with E-state index < -0.39 is 10.0 Å². The molecule has 0 atom stereocenters. The Bertz CT molecular complexity index is 1020. The van der Waals surface area contributed by atoms with E-state index >= 15 is 0 Å². The molecule has 3 heterocycles. The zero-order valence-corrected chi connectivity index (χ0v) is 15.2. The number of piperidine rings is 1. The molecule has 2 aromatic heterocycles. The third-order valence-corrected chi connectivity index (χ3v) is 6.68. The van der Waals surface area contributed by atoms with Gasteiger partial charge in [-0.05, 0) is 80.2 Å². The molecule has 0 amide bonds. The average Bonchev–Trinajstić information content (AvgIpc) is 3.02. The number of pyridine rings is 1. The highest BCUT2D eigenvalue weighted by molar-refractivity contribution is 7.90. The van der Waals surface area contributed by atoms with E-state index in [2.05, 4.69) is 10.3 Å². The largest absolute Gasteiger partial charge is 0.399 e. The lowest BCUT2D eigenvalue weighted by atomic mass is 9.91. The number of aromatic nitrogens is 2. The maximum Gasteiger partial charge on any atom is 0.269 e. The van der Waals surface area contributed by atoms with Crippen LogP contribution in [-0.2, 0) is 16.4 Å². The minimum atomic E-state index is -3.72. The zero-order valence-electron chi connectivity index (χ0n) is 14.4. The topological polar surface area (TPSA) is 90.0 Å². The van der Waals surface area contributed by atoms with E-state index in [4.69, 9.17) is 5.73 Å². The van der Waals surface area contributed by atoms with Crippen molar-refractivity contribution in [2.75, 3.05) is 18.8 Å². The fourth-order valence-electron chi connectivity index (χ4n) is 3.59. The van der Waals surface area contributed by atoms with Gasteiger partial charge in [0.1, 0.15) is 0 Å². The number of benzene rings is 1. The van der Waals surface area contributed by atoms with E-state index in [-0.39, 0.29) is 4.90 Å². The third kappa shape index (κ3) is 3.08. The van der Waals surface area contributed by atoms with Crippen molar-refractivity contribution in [3.8, 4) is 0 Å². The highest BCUT2D eigenvalue weighted by Crippen LogP contribution is 2.28. The van der Waals surface area contributed by atoms with E-state index in [1.807, 2.05) is 12.1 Å². The maximum atomic E-state index is 13.1. The monoisotopic (exact) mass is 370 g/mol. The standard InChI is InChI=1S/C19H22N4O2S/c20-16-3-5-17(6-4-16)26(24,25)23-13-15(12-14-7-10-21-11-8-14)18-2-1-9-22-19(18)23/h1-6,9,13-14,21H,7-8,10-12,20H2. The summed E-state index contributed by atoms with van der Waals surface area (Å²) in [4.78, 5) is 4.56. The molecule has 1 aliphatic rings. The summed E-state index contributed by atoms with van der Waals surface area (Å²) >= 11 is 0. The maximum absolute atomic E-state index is 13.1. The van der Waals surface area contributed by atoms with Gasteiger partial charge in [0.05, 0.1) is 4.90 Å². The lowest BCUT2D eigenvalue weighted by molar-refractivity contribution is 0.373. The van der Waals surface area contributed by atoms with Crippen molar-refractivity contribution in [3.05, 3.63) is 54.4 Å². The normalized spacial score (nSPS) is 16.2. The molecule has 1 saturated heterocycles. The van der Waals surface area contributed by atoms with Crippen molar-refractivity contribution >= 4 is 26.7 Å². The summed E-state index contributed by atoms with van der Waals surface area (Å²) in [7, 11) is -3.72. The molecule has 1 aliphatic heterocycles. The van der Waals surface area contributed by atoms with Crippen molar-refractivity contribution in [2.45, 2.75) is 24.2 Å². The van der Waals surface area contributed by atoms with Gasteiger partial charge in [-0.25, -0.2) is 17.4 Å². The van der Waals surface area contributed by atoms with Crippen molar-refractivity contribution in [3.63, 3.8) is 0 Å². The average molecular weight is 370 g/mol. The Balaban J connectivity index is 1.79. The molecule has 0 bridgehead atoms. The summed E-state index contributed by atoms with van der Waals surface area (Å²) in [6.07, 6.45) is 6.46. The van der Waals surface area contributed by atoms with Crippen molar-refractivity contribution < 1.29 is 8.42 Å². The second-order valence-corrected chi connectivity index (χ2v) is 8.61. The Morgan fingerprint density at radius 2 is 1.88 bits per heavy atom. The molecule has 6 nitrogen and oxygen atoms in total. The van der Waals surface area contributed by atoms with E-state index in [0.717, 1.165) is 43.3 Å². The first kappa shape index (κ1) is 17.1. The molecule has 0 saturated carbocycles. The molecule has 1 fully saturated rings. The highest BCUT2D eigenvalue weighted by Gasteiger charge is 2.23. The molecule has 0 unspecified atom stereocenters. The van der Waals surface area contributed by atoms with Crippen LogP contribution in [-0.4, -0.2) is 30.5 Å². The quantitative estimate of drug-likeness (QED) is 0.688. The summed E-state index contributed by atoms with van der Waals surface area (Å²) in [6.45, 7) is 2.04. The Labute approximate surface area is 153 Å². The molecule has 0 spiro atoms. The number of hydrogen-bond donors (Lipinski definition) is 2. The number of rotatable bonds is 4. The predicted molar refractivity (Wildman–Crippen MR) is 102 cm³/mol. The molecular weight excluding hydrogens is 348 g/mol. The third-order valence-electron chi connectivity index (χ3n) is 5.02. The molecule has 1 aromatic carbocycles. The molecule has 3 N–H and O–H groups in total. The minimum Gasteiger partial charge on any atom is -0.399 e. The van der Waals surface area contributed by atoms with Crippen LogP contribution in [0.2, 0.25) is 0 Å². The van der Waals surface area contributed by atoms with E-state index in [0.29, 0.717) is 17.3 Å². The van der Waals surface area contributed by atoms with Crippen LogP contribution in [0.15, 0.2) is 53.7 Å². The number of nitrogens with two attached hydrogens (primary N) is 1. The lowest BCUT2D eigenvalue weighted by Gasteiger charge is -2.22. The summed E-state index contributed by atoms with van der Waals surface area (Å²) in [6, 6.07) is 10.1. The van der Waals surface area contributed by atoms with Gasteiger partial charge in [0.25, 0.3) is 10.0 Å². The minimum absolute atomic E-state index is 0.211. The lowest BCUT2D eigenvalue weighted by Crippen LogP contribution is -2.28. The van der Waals surface area contributed by atoms with Crippen LogP contribution in [0.3, 0.4) is 0 Å². The van der Waals surface area contributed by atoms with Crippen molar-refractivity contribution in [2.24, 2.45) is 5.92 Å². The molecule has 3 aromatic rings. The van der Waals surface area contributed by atoms with Gasteiger partial charge in [0.2, 0.25) is 0 Å². The van der Waals surface area contributed by atoms with Gasteiger partial charge in [-0.3, -0.25) is 0 Å². The Kier molecular flexibility index (Phi) is 4.42. The zero-order chi connectivity index (χ0) is 18.1. The summed E-state index contributed by atoms with van der Waals surface area (Å²) in [5, 5.41) is 4.28. The summed E-state index contributed by atoms with van der Waals surface area (Å²) in [5.41, 5.74) is 7.74. The first-order chi connectivity index (χ1) is 12.6. The van der Waals surface area contributed by atoms with Crippen LogP contribution in [0, 0.1) is 5.92 Å². The van der Waals surface area contributed by atoms with Gasteiger partial charge in [0, 0.05) is 23.5 Å². The van der Waals surface area contributed by atoms with Crippen LogP contribution in [0.5, 0.6) is 0 Å². The number of anilines is 1. The van der Waals surface area contributed by atoms with Crippen molar-refractivity contribution in [1.82, 2.24) is 14.3 Å². The number of nitrogens with one attached hydrogen (secondary N) is 1. The fraction of sp³-hybridized carbons (Fsp3) is 0.316. The molecule has 7 heteroatoms. The first-order valence-corrected chi connectivity index (χ1v) is 10.3. The number of hydrogen-bond acceptors (Lipinski definition) is 5. The Hall–Kier alpha value is -2.38. The van der Waals surface area contributed by atoms with Gasteiger partial charge in [-0.15, -0.1) is 0 Å². The Morgan fingerprint density at radius 3 is 2.62 bits per heavy atom. The van der Waals surface area contributed by atoms with Crippen LogP contribution in [0.1, 0.15) is 18.4 Å². The molecule has 0 aliphatic carbocycles. The fourth-order valence-corrected chi connectivity index (χ4v) is 4.94. The van der Waals surface area contributed by atoms with Crippen LogP contribution in [0.25, 0.3) is 11.0 Å². The highest BCUT2D eigenvalue weighted by atomic mass is 32.2. The van der Waals surface area contributed by atoms with Crippen LogP contribution in [0.4, 0.5) is 5.69 Å². The van der Waals surface area contributed by atoms with Gasteiger partial charge < -0.3 is 11.1 Å². The first-order valence-electron chi connectivity index (χ1n) is 8.82. The molecule has 4 rings (SSSR count). The van der Waals surface area contributed by atoms with Crippen LogP contribution >= 0.6 is 0 Å². The molecule has 136 valence electrons.